The molecule has 0 spiro atoms. The van der Waals surface area contributed by atoms with Crippen molar-refractivity contribution in [2.75, 3.05) is 7.11 Å². The van der Waals surface area contributed by atoms with Crippen LogP contribution in [-0.2, 0) is 16.0 Å². The number of ether oxygens (including phenoxy) is 1. The van der Waals surface area contributed by atoms with Crippen LogP contribution in [0.4, 0.5) is 13.2 Å². The Morgan fingerprint density at radius 1 is 1.62 bits per heavy atom. The van der Waals surface area contributed by atoms with Gasteiger partial charge in [0.1, 0.15) is 0 Å². The molecular formula is C9H7ClF3NO2. The van der Waals surface area contributed by atoms with Crippen molar-refractivity contribution in [3.8, 4) is 0 Å². The van der Waals surface area contributed by atoms with Gasteiger partial charge in [0.2, 0.25) is 0 Å². The summed E-state index contributed by atoms with van der Waals surface area (Å²) in [7, 11) is 1.14. The number of rotatable bonds is 3. The van der Waals surface area contributed by atoms with Crippen LogP contribution in [0, 0.1) is 5.82 Å². The topological polar surface area (TPSA) is 39.2 Å². The third kappa shape index (κ3) is 2.85. The summed E-state index contributed by atoms with van der Waals surface area (Å²) in [4.78, 5) is 14.3. The van der Waals surface area contributed by atoms with Crippen LogP contribution in [0.2, 0.25) is 5.15 Å². The molecule has 88 valence electrons. The number of carbonyl (C=O) groups excluding carboxylic acids is 1. The first-order valence-corrected chi connectivity index (χ1v) is 4.53. The molecule has 7 heteroatoms. The Morgan fingerprint density at radius 3 is 2.75 bits per heavy atom. The van der Waals surface area contributed by atoms with Crippen molar-refractivity contribution in [1.82, 2.24) is 4.98 Å². The van der Waals surface area contributed by atoms with Crippen LogP contribution in [0.15, 0.2) is 6.07 Å². The summed E-state index contributed by atoms with van der Waals surface area (Å²) in [5, 5.41) is -0.684. The van der Waals surface area contributed by atoms with Gasteiger partial charge in [0.05, 0.1) is 24.8 Å². The smallest absolute Gasteiger partial charge is 0.311 e. The third-order valence-corrected chi connectivity index (χ3v) is 2.04. The summed E-state index contributed by atoms with van der Waals surface area (Å²) >= 11 is 5.32. The second kappa shape index (κ2) is 5.16. The Labute approximate surface area is 94.2 Å². The zero-order valence-corrected chi connectivity index (χ0v) is 8.89. The zero-order chi connectivity index (χ0) is 12.3. The summed E-state index contributed by atoms with van der Waals surface area (Å²) in [6.45, 7) is 0. The van der Waals surface area contributed by atoms with Crippen molar-refractivity contribution in [2.24, 2.45) is 0 Å². The number of aromatic nitrogens is 1. The maximum atomic E-state index is 13.1. The fraction of sp³-hybridized carbons (Fsp3) is 0.333. The van der Waals surface area contributed by atoms with Crippen LogP contribution in [0.1, 0.15) is 17.7 Å². The molecule has 0 saturated carbocycles. The van der Waals surface area contributed by atoms with Gasteiger partial charge in [-0.3, -0.25) is 4.79 Å². The molecule has 0 aliphatic carbocycles. The first-order chi connectivity index (χ1) is 7.45. The van der Waals surface area contributed by atoms with E-state index in [0.717, 1.165) is 13.2 Å². The molecule has 1 heterocycles. The zero-order valence-electron chi connectivity index (χ0n) is 8.14. The number of pyridine rings is 1. The highest BCUT2D eigenvalue weighted by atomic mass is 35.5. The molecule has 0 unspecified atom stereocenters. The van der Waals surface area contributed by atoms with E-state index in [-0.39, 0.29) is 12.1 Å². The summed E-state index contributed by atoms with van der Waals surface area (Å²) in [6, 6.07) is 0.794. The maximum Gasteiger partial charge on any atom is 0.311 e. The summed E-state index contributed by atoms with van der Waals surface area (Å²) in [6.07, 6.45) is -3.35. The lowest BCUT2D eigenvalue weighted by molar-refractivity contribution is -0.139. The van der Waals surface area contributed by atoms with E-state index in [9.17, 15) is 18.0 Å². The van der Waals surface area contributed by atoms with Gasteiger partial charge in [0.25, 0.3) is 6.43 Å². The number of nitrogens with zero attached hydrogens (tertiary/aromatic N) is 1. The van der Waals surface area contributed by atoms with Crippen LogP contribution in [0.3, 0.4) is 0 Å². The molecule has 0 aromatic carbocycles. The number of methoxy groups -OCH3 is 1. The van der Waals surface area contributed by atoms with Gasteiger partial charge in [-0.1, -0.05) is 11.6 Å². The van der Waals surface area contributed by atoms with Crippen molar-refractivity contribution in [3.05, 3.63) is 28.3 Å². The Hall–Kier alpha value is -1.30. The fourth-order valence-corrected chi connectivity index (χ4v) is 1.26. The Balaban J connectivity index is 3.09. The molecule has 0 amide bonds. The van der Waals surface area contributed by atoms with E-state index in [2.05, 4.69) is 9.72 Å². The van der Waals surface area contributed by atoms with E-state index in [1.807, 2.05) is 0 Å². The van der Waals surface area contributed by atoms with E-state index in [1.54, 1.807) is 0 Å². The predicted molar refractivity (Wildman–Crippen MR) is 49.9 cm³/mol. The van der Waals surface area contributed by atoms with Crippen molar-refractivity contribution in [2.45, 2.75) is 12.8 Å². The number of hydrogen-bond donors (Lipinski definition) is 0. The SMILES string of the molecule is COC(=O)Cc1cc(C(F)F)c(F)c(Cl)n1. The molecular weight excluding hydrogens is 247 g/mol. The molecule has 0 N–H and O–H groups in total. The summed E-state index contributed by atoms with van der Waals surface area (Å²) < 4.78 is 42.1. The molecule has 1 aromatic heterocycles. The lowest BCUT2D eigenvalue weighted by atomic mass is 10.2. The highest BCUT2D eigenvalue weighted by molar-refractivity contribution is 6.29. The monoisotopic (exact) mass is 253 g/mol. The average molecular weight is 254 g/mol. The van der Waals surface area contributed by atoms with Gasteiger partial charge in [-0.05, 0) is 6.07 Å². The van der Waals surface area contributed by atoms with Gasteiger partial charge in [0.15, 0.2) is 11.0 Å². The molecule has 0 bridgehead atoms. The molecule has 1 aromatic rings. The molecule has 1 rings (SSSR count). The number of esters is 1. The highest BCUT2D eigenvalue weighted by Gasteiger charge is 2.19. The van der Waals surface area contributed by atoms with Crippen molar-refractivity contribution in [1.29, 1.82) is 0 Å². The van der Waals surface area contributed by atoms with Crippen LogP contribution in [-0.4, -0.2) is 18.1 Å². The minimum atomic E-state index is -3.02. The van der Waals surface area contributed by atoms with Crippen LogP contribution < -0.4 is 0 Å². The van der Waals surface area contributed by atoms with Crippen LogP contribution >= 0.6 is 11.6 Å². The first-order valence-electron chi connectivity index (χ1n) is 4.15. The molecule has 0 fully saturated rings. The van der Waals surface area contributed by atoms with Gasteiger partial charge >= 0.3 is 5.97 Å². The molecule has 0 atom stereocenters. The first kappa shape index (κ1) is 12.8. The number of hydrogen-bond acceptors (Lipinski definition) is 3. The number of carbonyl (C=O) groups is 1. The molecule has 0 radical (unpaired) electrons. The summed E-state index contributed by atoms with van der Waals surface area (Å²) in [5.74, 6) is -1.94. The van der Waals surface area contributed by atoms with Gasteiger partial charge in [-0.15, -0.1) is 0 Å². The number of alkyl halides is 2. The average Bonchev–Trinajstić information content (AvgIpc) is 2.22. The number of halogens is 4. The molecule has 0 saturated heterocycles. The minimum absolute atomic E-state index is 0.0615. The lowest BCUT2D eigenvalue weighted by Gasteiger charge is -2.06. The lowest BCUT2D eigenvalue weighted by Crippen LogP contribution is -2.08. The third-order valence-electron chi connectivity index (χ3n) is 1.79. The van der Waals surface area contributed by atoms with Crippen LogP contribution in [0.5, 0.6) is 0 Å². The second-order valence-corrected chi connectivity index (χ2v) is 3.22. The van der Waals surface area contributed by atoms with Gasteiger partial charge in [0, 0.05) is 0 Å². The largest absolute Gasteiger partial charge is 0.469 e. The van der Waals surface area contributed by atoms with Crippen molar-refractivity contribution >= 4 is 17.6 Å². The molecule has 16 heavy (non-hydrogen) atoms. The Bertz CT molecular complexity index is 412. The van der Waals surface area contributed by atoms with Gasteiger partial charge in [-0.2, -0.15) is 0 Å². The minimum Gasteiger partial charge on any atom is -0.469 e. The van der Waals surface area contributed by atoms with Gasteiger partial charge in [-0.25, -0.2) is 18.2 Å². The van der Waals surface area contributed by atoms with Crippen LogP contribution in [0.25, 0.3) is 0 Å². The van der Waals surface area contributed by atoms with E-state index >= 15 is 0 Å². The fourth-order valence-electron chi connectivity index (χ4n) is 1.04. The van der Waals surface area contributed by atoms with Crippen molar-refractivity contribution in [3.63, 3.8) is 0 Å². The standard InChI is InChI=1S/C9H7ClF3NO2/c1-16-6(15)3-4-2-5(9(12)13)7(11)8(10)14-4/h2,9H,3H2,1H3. The van der Waals surface area contributed by atoms with E-state index in [0.29, 0.717) is 0 Å². The Kier molecular flexibility index (Phi) is 4.12. The second-order valence-electron chi connectivity index (χ2n) is 2.86. The maximum absolute atomic E-state index is 13.1. The van der Waals surface area contributed by atoms with Gasteiger partial charge < -0.3 is 4.74 Å². The highest BCUT2D eigenvalue weighted by Crippen LogP contribution is 2.26. The predicted octanol–water partition coefficient (Wildman–Crippen LogP) is 2.53. The quantitative estimate of drug-likeness (QED) is 0.614. The van der Waals surface area contributed by atoms with Crippen molar-refractivity contribution < 1.29 is 22.7 Å². The van der Waals surface area contributed by atoms with E-state index < -0.39 is 28.9 Å². The summed E-state index contributed by atoms with van der Waals surface area (Å²) in [5.41, 5.74) is -0.938. The molecule has 0 aliphatic rings. The van der Waals surface area contributed by atoms with E-state index in [1.165, 1.54) is 0 Å². The Morgan fingerprint density at radius 2 is 2.25 bits per heavy atom. The normalized spacial score (nSPS) is 10.6. The molecule has 3 nitrogen and oxygen atoms in total. The molecule has 0 aliphatic heterocycles. The van der Waals surface area contributed by atoms with E-state index in [4.69, 9.17) is 11.6 Å².